The van der Waals surface area contributed by atoms with Crippen molar-refractivity contribution in [2.24, 2.45) is 0 Å². The van der Waals surface area contributed by atoms with Gasteiger partial charge in [0.05, 0.1) is 23.9 Å². The molecule has 2 rings (SSSR count). The molecule has 0 unspecified atom stereocenters. The summed E-state index contributed by atoms with van der Waals surface area (Å²) < 4.78 is 41.8. The molecule has 104 valence electrons. The Kier molecular flexibility index (Phi) is 3.74. The maximum atomic E-state index is 12.4. The molecule has 0 atom stereocenters. The van der Waals surface area contributed by atoms with Crippen LogP contribution in [0.2, 0.25) is 0 Å². The van der Waals surface area contributed by atoms with Gasteiger partial charge in [-0.1, -0.05) is 12.1 Å². The van der Waals surface area contributed by atoms with Crippen molar-refractivity contribution in [1.29, 1.82) is 0 Å². The number of benzene rings is 1. The zero-order chi connectivity index (χ0) is 14.8. The number of hydrogen-bond acceptors (Lipinski definition) is 3. The third-order valence-corrected chi connectivity index (χ3v) is 2.69. The van der Waals surface area contributed by atoms with Gasteiger partial charge < -0.3 is 4.74 Å². The zero-order valence-corrected chi connectivity index (χ0v) is 10.4. The summed E-state index contributed by atoms with van der Waals surface area (Å²) in [6.07, 6.45) is -3.04. The first-order valence-electron chi connectivity index (χ1n) is 5.64. The predicted octanol–water partition coefficient (Wildman–Crippen LogP) is 3.55. The summed E-state index contributed by atoms with van der Waals surface area (Å²) in [5.41, 5.74) is 0.580. The minimum absolute atomic E-state index is 0.281. The lowest BCUT2D eigenvalue weighted by Gasteiger charge is -2.07. The van der Waals surface area contributed by atoms with Crippen LogP contribution in [0, 0.1) is 0 Å². The molecule has 0 saturated carbocycles. The van der Waals surface area contributed by atoms with Crippen molar-refractivity contribution >= 4 is 5.97 Å². The summed E-state index contributed by atoms with van der Waals surface area (Å²) in [6.45, 7) is 0. The lowest BCUT2D eigenvalue weighted by atomic mass is 10.1. The Bertz CT molecular complexity index is 604. The molecule has 0 N–H and O–H groups in total. The molecule has 0 bridgehead atoms. The summed E-state index contributed by atoms with van der Waals surface area (Å²) in [5, 5.41) is 0. The summed E-state index contributed by atoms with van der Waals surface area (Å²) in [7, 11) is 1.26. The van der Waals surface area contributed by atoms with E-state index in [2.05, 4.69) is 9.72 Å². The molecule has 1 heterocycles. The molecule has 3 nitrogen and oxygen atoms in total. The molecule has 0 saturated heterocycles. The van der Waals surface area contributed by atoms with E-state index < -0.39 is 17.7 Å². The van der Waals surface area contributed by atoms with E-state index in [1.54, 1.807) is 6.07 Å². The van der Waals surface area contributed by atoms with Crippen LogP contribution in [-0.2, 0) is 10.9 Å². The van der Waals surface area contributed by atoms with Gasteiger partial charge >= 0.3 is 12.1 Å². The van der Waals surface area contributed by atoms with Gasteiger partial charge in [0.2, 0.25) is 0 Å². The number of ether oxygens (including phenoxy) is 1. The van der Waals surface area contributed by atoms with Crippen molar-refractivity contribution in [3.63, 3.8) is 0 Å². The van der Waals surface area contributed by atoms with Gasteiger partial charge in [-0.3, -0.25) is 4.98 Å². The molecule has 1 aromatic carbocycles. The highest BCUT2D eigenvalue weighted by atomic mass is 19.4. The number of carbonyl (C=O) groups is 1. The van der Waals surface area contributed by atoms with Crippen LogP contribution in [0.3, 0.4) is 0 Å². The molecule has 20 heavy (non-hydrogen) atoms. The van der Waals surface area contributed by atoms with Gasteiger partial charge in [0.25, 0.3) is 0 Å². The fourth-order valence-electron chi connectivity index (χ4n) is 1.63. The van der Waals surface area contributed by atoms with Crippen LogP contribution in [0.25, 0.3) is 11.3 Å². The van der Waals surface area contributed by atoms with E-state index in [0.29, 0.717) is 11.3 Å². The number of pyridine rings is 1. The van der Waals surface area contributed by atoms with Crippen molar-refractivity contribution in [3.05, 3.63) is 53.7 Å². The molecule has 0 aliphatic heterocycles. The number of rotatable bonds is 2. The molecule has 6 heteroatoms. The molecule has 0 radical (unpaired) electrons. The van der Waals surface area contributed by atoms with Crippen LogP contribution in [-0.4, -0.2) is 18.1 Å². The van der Waals surface area contributed by atoms with Crippen molar-refractivity contribution in [2.45, 2.75) is 6.18 Å². The molecule has 0 aliphatic rings. The summed E-state index contributed by atoms with van der Waals surface area (Å²) in [6, 6.07) is 7.71. The second-order valence-corrected chi connectivity index (χ2v) is 4.00. The monoisotopic (exact) mass is 281 g/mol. The number of esters is 1. The largest absolute Gasteiger partial charge is 0.465 e. The van der Waals surface area contributed by atoms with E-state index in [-0.39, 0.29) is 5.56 Å². The molecule has 0 fully saturated rings. The first-order chi connectivity index (χ1) is 9.41. The number of aromatic nitrogens is 1. The highest BCUT2D eigenvalue weighted by Crippen LogP contribution is 2.30. The van der Waals surface area contributed by atoms with Gasteiger partial charge in [-0.25, -0.2) is 4.79 Å². The Hall–Kier alpha value is -2.37. The number of methoxy groups -OCH3 is 1. The Morgan fingerprint density at radius 2 is 1.75 bits per heavy atom. The highest BCUT2D eigenvalue weighted by Gasteiger charge is 2.29. The fourth-order valence-corrected chi connectivity index (χ4v) is 1.63. The number of alkyl halides is 3. The van der Waals surface area contributed by atoms with Crippen LogP contribution in [0.5, 0.6) is 0 Å². The predicted molar refractivity (Wildman–Crippen MR) is 66.0 cm³/mol. The second-order valence-electron chi connectivity index (χ2n) is 4.00. The van der Waals surface area contributed by atoms with E-state index in [0.717, 1.165) is 12.1 Å². The fraction of sp³-hybridized carbons (Fsp3) is 0.143. The summed E-state index contributed by atoms with van der Waals surface area (Å²) in [4.78, 5) is 15.3. The Balaban J connectivity index is 2.26. The molecule has 2 aromatic rings. The molecule has 0 spiro atoms. The maximum Gasteiger partial charge on any atom is 0.416 e. The van der Waals surface area contributed by atoms with Gasteiger partial charge in [0.1, 0.15) is 0 Å². The topological polar surface area (TPSA) is 39.2 Å². The highest BCUT2D eigenvalue weighted by molar-refractivity contribution is 5.89. The summed E-state index contributed by atoms with van der Waals surface area (Å²) >= 11 is 0. The van der Waals surface area contributed by atoms with Crippen LogP contribution >= 0.6 is 0 Å². The van der Waals surface area contributed by atoms with Crippen LogP contribution < -0.4 is 0 Å². The van der Waals surface area contributed by atoms with Gasteiger partial charge in [-0.05, 0) is 24.3 Å². The Morgan fingerprint density at radius 1 is 1.10 bits per heavy atom. The molecule has 1 aromatic heterocycles. The minimum Gasteiger partial charge on any atom is -0.465 e. The third-order valence-electron chi connectivity index (χ3n) is 2.69. The molecule has 0 amide bonds. The first-order valence-corrected chi connectivity index (χ1v) is 5.64. The van der Waals surface area contributed by atoms with Crippen molar-refractivity contribution < 1.29 is 22.7 Å². The van der Waals surface area contributed by atoms with Gasteiger partial charge in [-0.15, -0.1) is 0 Å². The standard InChI is InChI=1S/C14H10F3NO2/c1-20-13(19)10-4-7-12(18-8-10)9-2-5-11(6-3-9)14(15,16)17/h2-8H,1H3. The smallest absolute Gasteiger partial charge is 0.416 e. The van der Waals surface area contributed by atoms with Crippen LogP contribution in [0.4, 0.5) is 13.2 Å². The van der Waals surface area contributed by atoms with E-state index in [4.69, 9.17) is 0 Å². The normalized spacial score (nSPS) is 11.2. The number of carbonyl (C=O) groups excluding carboxylic acids is 1. The summed E-state index contributed by atoms with van der Waals surface area (Å²) in [5.74, 6) is -0.517. The van der Waals surface area contributed by atoms with Crippen molar-refractivity contribution in [3.8, 4) is 11.3 Å². The Morgan fingerprint density at radius 3 is 2.20 bits per heavy atom. The molecular formula is C14H10F3NO2. The first kappa shape index (κ1) is 14.0. The van der Waals surface area contributed by atoms with Gasteiger partial charge in [0, 0.05) is 11.8 Å². The lowest BCUT2D eigenvalue weighted by molar-refractivity contribution is -0.137. The Labute approximate surface area is 113 Å². The molecule has 0 aliphatic carbocycles. The minimum atomic E-state index is -4.36. The van der Waals surface area contributed by atoms with Crippen LogP contribution in [0.1, 0.15) is 15.9 Å². The SMILES string of the molecule is COC(=O)c1ccc(-c2ccc(C(F)(F)F)cc2)nc1. The lowest BCUT2D eigenvalue weighted by Crippen LogP contribution is -2.04. The average molecular weight is 281 g/mol. The van der Waals surface area contributed by atoms with Crippen molar-refractivity contribution in [1.82, 2.24) is 4.98 Å². The average Bonchev–Trinajstić information content (AvgIpc) is 2.46. The van der Waals surface area contributed by atoms with E-state index >= 15 is 0 Å². The third kappa shape index (κ3) is 2.96. The number of halogens is 3. The van der Waals surface area contributed by atoms with Crippen molar-refractivity contribution in [2.75, 3.05) is 7.11 Å². The molecular weight excluding hydrogens is 271 g/mol. The zero-order valence-electron chi connectivity index (χ0n) is 10.4. The number of hydrogen-bond donors (Lipinski definition) is 0. The van der Waals surface area contributed by atoms with E-state index in [1.807, 2.05) is 0 Å². The second kappa shape index (κ2) is 5.32. The quantitative estimate of drug-likeness (QED) is 0.790. The van der Waals surface area contributed by atoms with Gasteiger partial charge in [-0.2, -0.15) is 13.2 Å². The van der Waals surface area contributed by atoms with E-state index in [1.165, 1.54) is 31.5 Å². The van der Waals surface area contributed by atoms with Gasteiger partial charge in [0.15, 0.2) is 0 Å². The van der Waals surface area contributed by atoms with E-state index in [9.17, 15) is 18.0 Å². The maximum absolute atomic E-state index is 12.4. The number of nitrogens with zero attached hydrogens (tertiary/aromatic N) is 1. The van der Waals surface area contributed by atoms with Crippen LogP contribution in [0.15, 0.2) is 42.6 Å².